The first kappa shape index (κ1) is 13.6. The minimum absolute atomic E-state index is 0.0218. The second kappa shape index (κ2) is 5.87. The number of Topliss-reactive ketones (excluding diaryl/α,β-unsaturated/α-hetero) is 1. The van der Waals surface area contributed by atoms with Gasteiger partial charge in [-0.1, -0.05) is 0 Å². The summed E-state index contributed by atoms with van der Waals surface area (Å²) in [5.41, 5.74) is 0.645. The number of ether oxygens (including phenoxy) is 1. The van der Waals surface area contributed by atoms with Gasteiger partial charge in [-0.3, -0.25) is 9.59 Å². The number of amides is 1. The van der Waals surface area contributed by atoms with Gasteiger partial charge in [0.05, 0.1) is 0 Å². The fourth-order valence-electron chi connectivity index (χ4n) is 2.04. The molecule has 0 atom stereocenters. The maximum absolute atomic E-state index is 12.0. The maximum atomic E-state index is 12.0. The summed E-state index contributed by atoms with van der Waals surface area (Å²) in [6.07, 6.45) is 2.21. The fraction of sp³-hybridized carbons (Fsp3) is 0.467. The van der Waals surface area contributed by atoms with Crippen LogP contribution in [-0.4, -0.2) is 35.8 Å². The predicted octanol–water partition coefficient (Wildman–Crippen LogP) is 2.28. The zero-order valence-corrected chi connectivity index (χ0v) is 11.4. The van der Waals surface area contributed by atoms with E-state index in [1.165, 1.54) is 6.92 Å². The van der Waals surface area contributed by atoms with E-state index in [9.17, 15) is 9.59 Å². The summed E-state index contributed by atoms with van der Waals surface area (Å²) in [4.78, 5) is 24.9. The van der Waals surface area contributed by atoms with Gasteiger partial charge in [-0.2, -0.15) is 0 Å². The molecular formula is C15H19NO3. The predicted molar refractivity (Wildman–Crippen MR) is 72.4 cm³/mol. The number of carbonyl (C=O) groups excluding carboxylic acids is 2. The average molecular weight is 261 g/mol. The van der Waals surface area contributed by atoms with Gasteiger partial charge in [-0.15, -0.1) is 0 Å². The van der Waals surface area contributed by atoms with Crippen LogP contribution in [0.15, 0.2) is 24.3 Å². The summed E-state index contributed by atoms with van der Waals surface area (Å²) >= 11 is 0. The van der Waals surface area contributed by atoms with E-state index in [4.69, 9.17) is 4.74 Å². The Morgan fingerprint density at radius 3 is 2.37 bits per heavy atom. The molecular weight excluding hydrogens is 242 g/mol. The Kier molecular flexibility index (Phi) is 4.20. The number of nitrogens with zero attached hydrogens (tertiary/aromatic N) is 1. The summed E-state index contributed by atoms with van der Waals surface area (Å²) < 4.78 is 5.46. The molecule has 1 aliphatic rings. The Hall–Kier alpha value is -1.84. The van der Waals surface area contributed by atoms with Crippen LogP contribution in [0.1, 0.15) is 37.0 Å². The van der Waals surface area contributed by atoms with Gasteiger partial charge in [-0.25, -0.2) is 0 Å². The molecule has 0 aromatic heterocycles. The Morgan fingerprint density at radius 2 is 1.89 bits per heavy atom. The SMILES string of the molecule is CCN(C(=O)COc1ccc(C(C)=O)cc1)C1CC1. The highest BCUT2D eigenvalue weighted by Gasteiger charge is 2.31. The van der Waals surface area contributed by atoms with Crippen LogP contribution in [0.5, 0.6) is 5.75 Å². The molecule has 0 bridgehead atoms. The third-order valence-corrected chi connectivity index (χ3v) is 3.27. The summed E-state index contributed by atoms with van der Waals surface area (Å²) in [7, 11) is 0. The molecule has 0 spiro atoms. The van der Waals surface area contributed by atoms with Crippen molar-refractivity contribution in [2.45, 2.75) is 32.7 Å². The standard InChI is InChI=1S/C15H19NO3/c1-3-16(13-6-7-13)15(18)10-19-14-8-4-12(5-9-14)11(2)17/h4-5,8-9,13H,3,6-7,10H2,1-2H3. The second-order valence-corrected chi connectivity index (χ2v) is 4.78. The van der Waals surface area contributed by atoms with Gasteiger partial charge < -0.3 is 9.64 Å². The molecule has 102 valence electrons. The molecule has 4 heteroatoms. The second-order valence-electron chi connectivity index (χ2n) is 4.78. The summed E-state index contributed by atoms with van der Waals surface area (Å²) in [5.74, 6) is 0.666. The molecule has 2 rings (SSSR count). The van der Waals surface area contributed by atoms with E-state index < -0.39 is 0 Å². The topological polar surface area (TPSA) is 46.6 Å². The van der Waals surface area contributed by atoms with Crippen molar-refractivity contribution in [2.24, 2.45) is 0 Å². The van der Waals surface area contributed by atoms with Crippen LogP contribution in [0.3, 0.4) is 0 Å². The first-order chi connectivity index (χ1) is 9.11. The number of hydrogen-bond acceptors (Lipinski definition) is 3. The smallest absolute Gasteiger partial charge is 0.260 e. The molecule has 1 aliphatic carbocycles. The largest absolute Gasteiger partial charge is 0.484 e. The summed E-state index contributed by atoms with van der Waals surface area (Å²) in [5, 5.41) is 0. The van der Waals surface area contributed by atoms with Crippen molar-refractivity contribution in [1.29, 1.82) is 0 Å². The van der Waals surface area contributed by atoms with E-state index in [2.05, 4.69) is 0 Å². The van der Waals surface area contributed by atoms with E-state index in [0.717, 1.165) is 19.4 Å². The zero-order chi connectivity index (χ0) is 13.8. The van der Waals surface area contributed by atoms with Crippen LogP contribution < -0.4 is 4.74 Å². The monoisotopic (exact) mass is 261 g/mol. The fourth-order valence-corrected chi connectivity index (χ4v) is 2.04. The third-order valence-electron chi connectivity index (χ3n) is 3.27. The molecule has 0 N–H and O–H groups in total. The highest BCUT2D eigenvalue weighted by atomic mass is 16.5. The lowest BCUT2D eigenvalue weighted by Crippen LogP contribution is -2.36. The average Bonchev–Trinajstić information content (AvgIpc) is 3.22. The number of hydrogen-bond donors (Lipinski definition) is 0. The highest BCUT2D eigenvalue weighted by Crippen LogP contribution is 2.26. The Bertz CT molecular complexity index is 463. The van der Waals surface area contributed by atoms with Crippen LogP contribution in [-0.2, 0) is 4.79 Å². The first-order valence-corrected chi connectivity index (χ1v) is 6.65. The van der Waals surface area contributed by atoms with Crippen molar-refractivity contribution in [1.82, 2.24) is 4.90 Å². The van der Waals surface area contributed by atoms with E-state index >= 15 is 0 Å². The Labute approximate surface area is 113 Å². The molecule has 1 aromatic rings. The van der Waals surface area contributed by atoms with Crippen molar-refractivity contribution < 1.29 is 14.3 Å². The number of likely N-dealkylation sites (N-methyl/N-ethyl adjacent to an activating group) is 1. The van der Waals surface area contributed by atoms with Crippen molar-refractivity contribution in [3.05, 3.63) is 29.8 Å². The molecule has 0 aliphatic heterocycles. The molecule has 4 nitrogen and oxygen atoms in total. The lowest BCUT2D eigenvalue weighted by molar-refractivity contribution is -0.133. The quantitative estimate of drug-likeness (QED) is 0.738. The van der Waals surface area contributed by atoms with Gasteiger partial charge in [0.2, 0.25) is 0 Å². The van der Waals surface area contributed by atoms with E-state index in [1.807, 2.05) is 11.8 Å². The molecule has 0 radical (unpaired) electrons. The highest BCUT2D eigenvalue weighted by molar-refractivity contribution is 5.94. The van der Waals surface area contributed by atoms with Crippen LogP contribution >= 0.6 is 0 Å². The normalized spacial score (nSPS) is 14.0. The lowest BCUT2D eigenvalue weighted by atomic mass is 10.1. The summed E-state index contributed by atoms with van der Waals surface area (Å²) in [6.45, 7) is 4.30. The molecule has 1 saturated carbocycles. The van der Waals surface area contributed by atoms with Crippen LogP contribution in [0.4, 0.5) is 0 Å². The minimum atomic E-state index is 0.0218. The molecule has 1 amide bonds. The van der Waals surface area contributed by atoms with Crippen molar-refractivity contribution in [3.8, 4) is 5.75 Å². The van der Waals surface area contributed by atoms with Gasteiger partial charge >= 0.3 is 0 Å². The molecule has 0 saturated heterocycles. The number of carbonyl (C=O) groups is 2. The number of ketones is 1. The minimum Gasteiger partial charge on any atom is -0.484 e. The maximum Gasteiger partial charge on any atom is 0.260 e. The Morgan fingerprint density at radius 1 is 1.26 bits per heavy atom. The van der Waals surface area contributed by atoms with Gasteiger partial charge in [0.15, 0.2) is 12.4 Å². The molecule has 0 heterocycles. The van der Waals surface area contributed by atoms with Crippen LogP contribution in [0, 0.1) is 0 Å². The van der Waals surface area contributed by atoms with Crippen LogP contribution in [0.2, 0.25) is 0 Å². The van der Waals surface area contributed by atoms with E-state index in [-0.39, 0.29) is 18.3 Å². The van der Waals surface area contributed by atoms with Gasteiger partial charge in [-0.05, 0) is 51.0 Å². The Balaban J connectivity index is 1.87. The molecule has 1 fully saturated rings. The lowest BCUT2D eigenvalue weighted by Gasteiger charge is -2.20. The van der Waals surface area contributed by atoms with Crippen LogP contribution in [0.25, 0.3) is 0 Å². The van der Waals surface area contributed by atoms with Gasteiger partial charge in [0.1, 0.15) is 5.75 Å². The zero-order valence-electron chi connectivity index (χ0n) is 11.4. The number of benzene rings is 1. The van der Waals surface area contributed by atoms with E-state index in [1.54, 1.807) is 24.3 Å². The van der Waals surface area contributed by atoms with Crippen molar-refractivity contribution in [3.63, 3.8) is 0 Å². The number of rotatable bonds is 6. The van der Waals surface area contributed by atoms with E-state index in [0.29, 0.717) is 17.4 Å². The molecule has 19 heavy (non-hydrogen) atoms. The van der Waals surface area contributed by atoms with Gasteiger partial charge in [0, 0.05) is 18.2 Å². The molecule has 0 unspecified atom stereocenters. The molecule has 1 aromatic carbocycles. The first-order valence-electron chi connectivity index (χ1n) is 6.65. The third kappa shape index (κ3) is 3.56. The van der Waals surface area contributed by atoms with Crippen molar-refractivity contribution >= 4 is 11.7 Å². The summed E-state index contributed by atoms with van der Waals surface area (Å²) in [6, 6.07) is 7.28. The van der Waals surface area contributed by atoms with Crippen molar-refractivity contribution in [2.75, 3.05) is 13.2 Å². The van der Waals surface area contributed by atoms with Gasteiger partial charge in [0.25, 0.3) is 5.91 Å².